The molecule has 3 rings (SSSR count). The summed E-state index contributed by atoms with van der Waals surface area (Å²) in [5.41, 5.74) is 6.46. The molecule has 9 nitrogen and oxygen atoms in total. The molecule has 0 radical (unpaired) electrons. The van der Waals surface area contributed by atoms with Crippen molar-refractivity contribution in [3.63, 3.8) is 0 Å². The maximum Gasteiger partial charge on any atom is 0.113 e. The molecule has 0 aromatic carbocycles. The van der Waals surface area contributed by atoms with E-state index in [9.17, 15) is 0 Å². The monoisotopic (exact) mass is 440 g/mol. The van der Waals surface area contributed by atoms with Gasteiger partial charge in [0.15, 0.2) is 0 Å². The van der Waals surface area contributed by atoms with Gasteiger partial charge in [0.25, 0.3) is 0 Å². The van der Waals surface area contributed by atoms with Gasteiger partial charge in [-0.3, -0.25) is 0 Å². The lowest BCUT2D eigenvalue weighted by atomic mass is 10.4. The first kappa shape index (κ1) is 23.6. The number of rotatable bonds is 11. The molecule has 0 amide bonds. The van der Waals surface area contributed by atoms with Crippen molar-refractivity contribution >= 4 is 0 Å². The largest absolute Gasteiger partial charge is 0.383 e. The van der Waals surface area contributed by atoms with Crippen LogP contribution >= 0.6 is 0 Å². The Morgan fingerprint density at radius 1 is 0.688 bits per heavy atom. The van der Waals surface area contributed by atoms with Gasteiger partial charge in [0.1, 0.15) is 20.0 Å². The molecule has 0 aliphatic carbocycles. The van der Waals surface area contributed by atoms with Crippen LogP contribution in [0.1, 0.15) is 34.2 Å². The summed E-state index contributed by atoms with van der Waals surface area (Å²) in [5, 5.41) is 13.9. The van der Waals surface area contributed by atoms with Crippen LogP contribution in [0, 0.1) is 41.5 Å². The standard InChI is InChI=1S/C23H36N8O/c1-18-12-21(4)29(24-18)15-27(10-11-32-7)8-9-28(16-30-22(5)13-19(2)25-30)17-31-23(6)14-20(3)26-31/h8-9,12-14H,10-11,15-17H2,1-7H3. The predicted molar refractivity (Wildman–Crippen MR) is 125 cm³/mol. The molecule has 0 atom stereocenters. The van der Waals surface area contributed by atoms with Gasteiger partial charge >= 0.3 is 0 Å². The zero-order valence-corrected chi connectivity index (χ0v) is 20.4. The zero-order chi connectivity index (χ0) is 23.3. The molecule has 0 saturated heterocycles. The molecule has 0 N–H and O–H groups in total. The maximum absolute atomic E-state index is 5.33. The van der Waals surface area contributed by atoms with Crippen LogP contribution in [0.4, 0.5) is 0 Å². The summed E-state index contributed by atoms with van der Waals surface area (Å²) in [5.74, 6) is 0. The van der Waals surface area contributed by atoms with Gasteiger partial charge in [-0.2, -0.15) is 15.3 Å². The zero-order valence-electron chi connectivity index (χ0n) is 20.4. The van der Waals surface area contributed by atoms with Crippen molar-refractivity contribution in [2.45, 2.75) is 61.5 Å². The van der Waals surface area contributed by atoms with Crippen molar-refractivity contribution in [1.29, 1.82) is 0 Å². The molecule has 0 aliphatic heterocycles. The fourth-order valence-electron chi connectivity index (χ4n) is 3.70. The van der Waals surface area contributed by atoms with Gasteiger partial charge in [0, 0.05) is 43.1 Å². The molecule has 0 fully saturated rings. The number of hydrogen-bond acceptors (Lipinski definition) is 6. The Hall–Kier alpha value is -3.07. The van der Waals surface area contributed by atoms with Gasteiger partial charge in [0.2, 0.25) is 0 Å². The van der Waals surface area contributed by atoms with Crippen LogP contribution in [0.25, 0.3) is 0 Å². The topological polar surface area (TPSA) is 69.2 Å². The molecule has 3 aromatic rings. The highest BCUT2D eigenvalue weighted by atomic mass is 16.5. The number of ether oxygens (including phenoxy) is 1. The normalized spacial score (nSPS) is 11.6. The summed E-state index contributed by atoms with van der Waals surface area (Å²) >= 11 is 0. The highest BCUT2D eigenvalue weighted by Crippen LogP contribution is 2.10. The van der Waals surface area contributed by atoms with E-state index in [1.165, 1.54) is 0 Å². The summed E-state index contributed by atoms with van der Waals surface area (Å²) in [6.07, 6.45) is 4.21. The second-order valence-electron chi connectivity index (χ2n) is 8.40. The van der Waals surface area contributed by atoms with E-state index in [0.29, 0.717) is 26.6 Å². The minimum absolute atomic E-state index is 0.631. The third-order valence-electron chi connectivity index (χ3n) is 5.33. The van der Waals surface area contributed by atoms with Gasteiger partial charge in [-0.05, 0) is 59.7 Å². The molecule has 0 spiro atoms. The van der Waals surface area contributed by atoms with Crippen LogP contribution in [-0.4, -0.2) is 59.4 Å². The summed E-state index contributed by atoms with van der Waals surface area (Å²) < 4.78 is 11.4. The SMILES string of the molecule is COCCN(C=CN(Cn1nc(C)cc1C)Cn1nc(C)cc1C)Cn1nc(C)cc1C. The van der Waals surface area contributed by atoms with E-state index in [4.69, 9.17) is 4.74 Å². The lowest BCUT2D eigenvalue weighted by Crippen LogP contribution is -2.29. The fraction of sp³-hybridized carbons (Fsp3) is 0.522. The summed E-state index contributed by atoms with van der Waals surface area (Å²) in [6, 6.07) is 6.29. The first-order valence-electron chi connectivity index (χ1n) is 10.9. The van der Waals surface area contributed by atoms with E-state index in [1.807, 2.05) is 34.8 Å². The Bertz CT molecular complexity index is 997. The van der Waals surface area contributed by atoms with E-state index >= 15 is 0 Å². The second kappa shape index (κ2) is 10.5. The van der Waals surface area contributed by atoms with Crippen LogP contribution in [0.5, 0.6) is 0 Å². The molecule has 0 unspecified atom stereocenters. The van der Waals surface area contributed by atoms with E-state index < -0.39 is 0 Å². The third kappa shape index (κ3) is 6.23. The van der Waals surface area contributed by atoms with E-state index in [1.54, 1.807) is 7.11 Å². The molecule has 3 heterocycles. The number of hydrogen-bond donors (Lipinski definition) is 0. The Kier molecular flexibility index (Phi) is 7.74. The first-order chi connectivity index (χ1) is 15.2. The lowest BCUT2D eigenvalue weighted by Gasteiger charge is -2.25. The number of methoxy groups -OCH3 is 1. The average Bonchev–Trinajstić information content (AvgIpc) is 3.32. The second-order valence-corrected chi connectivity index (χ2v) is 8.40. The van der Waals surface area contributed by atoms with Gasteiger partial charge in [0.05, 0.1) is 23.7 Å². The molecular formula is C23H36N8O. The van der Waals surface area contributed by atoms with E-state index in [-0.39, 0.29) is 0 Å². The molecule has 0 aliphatic rings. The summed E-state index contributed by atoms with van der Waals surface area (Å²) in [4.78, 5) is 4.41. The van der Waals surface area contributed by atoms with Gasteiger partial charge in [-0.1, -0.05) is 0 Å². The molecule has 32 heavy (non-hydrogen) atoms. The first-order valence-corrected chi connectivity index (χ1v) is 10.9. The van der Waals surface area contributed by atoms with Crippen molar-refractivity contribution in [1.82, 2.24) is 39.1 Å². The van der Waals surface area contributed by atoms with Gasteiger partial charge < -0.3 is 14.5 Å². The van der Waals surface area contributed by atoms with Crippen LogP contribution in [0.2, 0.25) is 0 Å². The van der Waals surface area contributed by atoms with E-state index in [2.05, 4.69) is 76.5 Å². The van der Waals surface area contributed by atoms with Crippen LogP contribution < -0.4 is 0 Å². The van der Waals surface area contributed by atoms with E-state index in [0.717, 1.165) is 40.7 Å². The Morgan fingerprint density at radius 3 is 1.41 bits per heavy atom. The molecule has 0 bridgehead atoms. The molecular weight excluding hydrogens is 404 g/mol. The smallest absolute Gasteiger partial charge is 0.113 e. The average molecular weight is 441 g/mol. The van der Waals surface area contributed by atoms with Crippen molar-refractivity contribution in [2.24, 2.45) is 0 Å². The highest BCUT2D eigenvalue weighted by molar-refractivity contribution is 5.08. The van der Waals surface area contributed by atoms with Gasteiger partial charge in [-0.15, -0.1) is 0 Å². The molecule has 9 heteroatoms. The Labute approximate surface area is 190 Å². The minimum Gasteiger partial charge on any atom is -0.383 e. The number of aromatic nitrogens is 6. The minimum atomic E-state index is 0.631. The molecule has 0 saturated carbocycles. The Balaban J connectivity index is 1.82. The molecule has 174 valence electrons. The quantitative estimate of drug-likeness (QED) is 0.456. The van der Waals surface area contributed by atoms with Crippen molar-refractivity contribution in [2.75, 3.05) is 20.3 Å². The maximum atomic E-state index is 5.33. The lowest BCUT2D eigenvalue weighted by molar-refractivity contribution is 0.150. The Morgan fingerprint density at radius 2 is 1.06 bits per heavy atom. The van der Waals surface area contributed by atoms with Gasteiger partial charge in [-0.25, -0.2) is 14.0 Å². The number of nitrogens with zero attached hydrogens (tertiary/aromatic N) is 8. The van der Waals surface area contributed by atoms with Crippen molar-refractivity contribution in [3.8, 4) is 0 Å². The summed E-state index contributed by atoms with van der Waals surface area (Å²) in [6.45, 7) is 15.6. The predicted octanol–water partition coefficient (Wildman–Crippen LogP) is 3.12. The third-order valence-corrected chi connectivity index (χ3v) is 5.33. The van der Waals surface area contributed by atoms with Crippen LogP contribution in [-0.2, 0) is 24.7 Å². The van der Waals surface area contributed by atoms with Crippen molar-refractivity contribution in [3.05, 3.63) is 64.8 Å². The highest BCUT2D eigenvalue weighted by Gasteiger charge is 2.11. The number of aryl methyl sites for hydroxylation is 6. The summed E-state index contributed by atoms with van der Waals surface area (Å²) in [7, 11) is 1.73. The van der Waals surface area contributed by atoms with Crippen LogP contribution in [0.15, 0.2) is 30.6 Å². The molecule has 3 aromatic heterocycles. The van der Waals surface area contributed by atoms with Crippen LogP contribution in [0.3, 0.4) is 0 Å². The fourth-order valence-corrected chi connectivity index (χ4v) is 3.70. The van der Waals surface area contributed by atoms with Crippen molar-refractivity contribution < 1.29 is 4.74 Å².